The molecule has 14 heteroatoms. The van der Waals surface area contributed by atoms with Gasteiger partial charge in [-0.3, -0.25) is 24.5 Å². The van der Waals surface area contributed by atoms with Crippen LogP contribution in [0.2, 0.25) is 0 Å². The molecule has 8 rings (SSSR count). The summed E-state index contributed by atoms with van der Waals surface area (Å²) in [5.41, 5.74) is 7.81. The lowest BCUT2D eigenvalue weighted by atomic mass is 9.93. The van der Waals surface area contributed by atoms with Crippen LogP contribution in [0.3, 0.4) is 0 Å². The third kappa shape index (κ3) is 4.86. The standard InChI is InChI=1S/C33H25F4N7O3/c34-19-4-6-21(39-13-19)16-43-24-7-3-18(12-25(24)47-33(36,37)31(43)46)27-22-15-41-44(32(9-10-32)26-8-5-20(35)14-40-26)30(22)42-23(11-17-1-2-17)28(27)29(38)45/h3-8,12-15,17H,1-2,9-11,16H2,(H2,38,45). The fourth-order valence-electron chi connectivity index (χ4n) is 6.30. The molecule has 10 nitrogen and oxygen atoms in total. The van der Waals surface area contributed by atoms with Crippen LogP contribution in [0, 0.1) is 17.6 Å². The van der Waals surface area contributed by atoms with Gasteiger partial charge in [-0.05, 0) is 80.0 Å². The Morgan fingerprint density at radius 1 is 1.00 bits per heavy atom. The molecule has 2 fully saturated rings. The number of ether oxygens (including phenoxy) is 1. The Labute approximate surface area is 264 Å². The second-order valence-corrected chi connectivity index (χ2v) is 12.2. The number of hydrogen-bond acceptors (Lipinski definition) is 7. The number of primary amides is 1. The Morgan fingerprint density at radius 3 is 2.38 bits per heavy atom. The van der Waals surface area contributed by atoms with Crippen molar-refractivity contribution >= 4 is 28.5 Å². The molecule has 0 radical (unpaired) electrons. The Morgan fingerprint density at radius 2 is 1.74 bits per heavy atom. The predicted molar refractivity (Wildman–Crippen MR) is 159 cm³/mol. The second kappa shape index (κ2) is 10.3. The molecule has 0 spiro atoms. The number of rotatable bonds is 8. The van der Waals surface area contributed by atoms with E-state index in [1.165, 1.54) is 24.3 Å². The van der Waals surface area contributed by atoms with E-state index in [0.29, 0.717) is 58.7 Å². The molecule has 0 unspecified atom stereocenters. The summed E-state index contributed by atoms with van der Waals surface area (Å²) in [6.07, 6.45) is 3.14. The zero-order chi connectivity index (χ0) is 32.7. The van der Waals surface area contributed by atoms with Gasteiger partial charge >= 0.3 is 12.0 Å². The second-order valence-electron chi connectivity index (χ2n) is 12.2. The first-order valence-electron chi connectivity index (χ1n) is 15.0. The van der Waals surface area contributed by atoms with Crippen molar-refractivity contribution < 1.29 is 31.9 Å². The zero-order valence-electron chi connectivity index (χ0n) is 24.6. The number of carbonyl (C=O) groups is 2. The Hall–Kier alpha value is -5.40. The van der Waals surface area contributed by atoms with E-state index in [4.69, 9.17) is 15.5 Å². The van der Waals surface area contributed by atoms with E-state index in [9.17, 15) is 18.4 Å². The maximum absolute atomic E-state index is 15.0. The fraction of sp³-hybridized carbons (Fsp3) is 0.273. The number of alkyl halides is 2. The molecule has 2 amide bonds. The zero-order valence-corrected chi connectivity index (χ0v) is 24.6. The number of benzene rings is 1. The summed E-state index contributed by atoms with van der Waals surface area (Å²) in [4.78, 5) is 39.9. The molecule has 238 valence electrons. The van der Waals surface area contributed by atoms with E-state index >= 15 is 8.78 Å². The molecule has 0 saturated heterocycles. The number of amides is 2. The van der Waals surface area contributed by atoms with Crippen molar-refractivity contribution in [3.63, 3.8) is 0 Å². The van der Waals surface area contributed by atoms with Gasteiger partial charge in [-0.25, -0.2) is 18.4 Å². The summed E-state index contributed by atoms with van der Waals surface area (Å²) in [5, 5.41) is 5.11. The Bertz CT molecular complexity index is 2090. The van der Waals surface area contributed by atoms with Crippen LogP contribution in [0.15, 0.2) is 61.1 Å². The Kier molecular flexibility index (Phi) is 6.37. The minimum Gasteiger partial charge on any atom is -0.423 e. The van der Waals surface area contributed by atoms with Gasteiger partial charge in [0.05, 0.1) is 53.5 Å². The largest absolute Gasteiger partial charge is 0.482 e. The van der Waals surface area contributed by atoms with Gasteiger partial charge in [0.1, 0.15) is 17.2 Å². The van der Waals surface area contributed by atoms with Crippen LogP contribution >= 0.6 is 0 Å². The molecule has 2 aliphatic carbocycles. The molecule has 5 heterocycles. The number of hydrogen-bond donors (Lipinski definition) is 1. The lowest BCUT2D eigenvalue weighted by Crippen LogP contribution is -2.50. The van der Waals surface area contributed by atoms with Gasteiger partial charge in [0.2, 0.25) is 0 Å². The van der Waals surface area contributed by atoms with Gasteiger partial charge in [-0.2, -0.15) is 13.9 Å². The van der Waals surface area contributed by atoms with Crippen LogP contribution in [-0.2, 0) is 23.3 Å². The number of pyridine rings is 3. The fourth-order valence-corrected chi connectivity index (χ4v) is 6.30. The van der Waals surface area contributed by atoms with Crippen LogP contribution in [0.4, 0.5) is 23.2 Å². The van der Waals surface area contributed by atoms with Gasteiger partial charge in [0.25, 0.3) is 5.91 Å². The van der Waals surface area contributed by atoms with Gasteiger partial charge in [0.15, 0.2) is 11.4 Å². The summed E-state index contributed by atoms with van der Waals surface area (Å²) in [6.45, 7) is -0.367. The summed E-state index contributed by atoms with van der Waals surface area (Å²) in [7, 11) is 0. The first-order valence-corrected chi connectivity index (χ1v) is 15.0. The van der Waals surface area contributed by atoms with E-state index in [0.717, 1.165) is 36.2 Å². The highest BCUT2D eigenvalue weighted by atomic mass is 19.3. The average molecular weight is 644 g/mol. The van der Waals surface area contributed by atoms with Crippen LogP contribution in [-0.4, -0.2) is 42.7 Å². The van der Waals surface area contributed by atoms with Gasteiger partial charge < -0.3 is 10.5 Å². The number of nitrogens with zero attached hydrogens (tertiary/aromatic N) is 6. The summed E-state index contributed by atoms with van der Waals surface area (Å²) in [6, 6.07) is 9.70. The molecule has 47 heavy (non-hydrogen) atoms. The topological polar surface area (TPSA) is 129 Å². The van der Waals surface area contributed by atoms with Gasteiger partial charge in [-0.1, -0.05) is 6.07 Å². The number of aromatic nitrogens is 5. The van der Waals surface area contributed by atoms with Crippen molar-refractivity contribution in [2.75, 3.05) is 4.90 Å². The highest BCUT2D eigenvalue weighted by Crippen LogP contribution is 2.51. The lowest BCUT2D eigenvalue weighted by molar-refractivity contribution is -0.193. The molecule has 1 aliphatic heterocycles. The van der Waals surface area contributed by atoms with E-state index in [1.54, 1.807) is 23.0 Å². The smallest absolute Gasteiger partial charge is 0.423 e. The van der Waals surface area contributed by atoms with E-state index in [-0.39, 0.29) is 29.2 Å². The molecular weight excluding hydrogens is 618 g/mol. The van der Waals surface area contributed by atoms with Gasteiger partial charge in [0, 0.05) is 10.9 Å². The first-order chi connectivity index (χ1) is 22.5. The molecule has 0 bridgehead atoms. The lowest BCUT2D eigenvalue weighted by Gasteiger charge is -2.33. The highest BCUT2D eigenvalue weighted by Gasteiger charge is 2.51. The quantitative estimate of drug-likeness (QED) is 0.228. The van der Waals surface area contributed by atoms with Crippen LogP contribution in [0.1, 0.15) is 53.1 Å². The number of carbonyl (C=O) groups excluding carboxylic acids is 2. The molecule has 4 aromatic heterocycles. The molecule has 3 aliphatic rings. The number of fused-ring (bicyclic) bond motifs is 2. The van der Waals surface area contributed by atoms with E-state index < -0.39 is 35.1 Å². The van der Waals surface area contributed by atoms with E-state index in [2.05, 4.69) is 15.1 Å². The first kappa shape index (κ1) is 29.0. The van der Waals surface area contributed by atoms with Crippen molar-refractivity contribution in [2.45, 2.75) is 50.3 Å². The number of halogens is 4. The van der Waals surface area contributed by atoms with Crippen LogP contribution in [0.25, 0.3) is 22.2 Å². The average Bonchev–Trinajstić information content (AvgIpc) is 3.98. The summed E-state index contributed by atoms with van der Waals surface area (Å²) in [5.74, 6) is -3.45. The SMILES string of the molecule is NC(=O)c1c(CC2CC2)nc2c(cnn2C2(c3ccc(F)cn3)CC2)c1-c1ccc2c(c1)OC(F)(F)C(=O)N2Cc1ccc(F)cn1. The third-order valence-corrected chi connectivity index (χ3v) is 8.93. The third-order valence-electron chi connectivity index (χ3n) is 8.93. The maximum atomic E-state index is 15.0. The van der Waals surface area contributed by atoms with Crippen molar-refractivity contribution in [3.8, 4) is 16.9 Å². The van der Waals surface area contributed by atoms with Gasteiger partial charge in [-0.15, -0.1) is 0 Å². The highest BCUT2D eigenvalue weighted by molar-refractivity contribution is 6.09. The van der Waals surface area contributed by atoms with Crippen LogP contribution in [0.5, 0.6) is 5.75 Å². The number of nitrogens with two attached hydrogens (primary N) is 1. The molecule has 5 aromatic rings. The molecule has 2 saturated carbocycles. The van der Waals surface area contributed by atoms with Crippen molar-refractivity contribution in [1.29, 1.82) is 0 Å². The van der Waals surface area contributed by atoms with E-state index in [1.807, 2.05) is 0 Å². The minimum atomic E-state index is -4.21. The van der Waals surface area contributed by atoms with Crippen molar-refractivity contribution in [3.05, 3.63) is 95.3 Å². The minimum absolute atomic E-state index is 0.0370. The molecule has 0 atom stereocenters. The molecule has 1 aromatic carbocycles. The van der Waals surface area contributed by atoms with Crippen molar-refractivity contribution in [2.24, 2.45) is 11.7 Å². The maximum Gasteiger partial charge on any atom is 0.482 e. The normalized spacial score (nSPS) is 17.8. The molecule has 2 N–H and O–H groups in total. The Balaban J connectivity index is 1.30. The summed E-state index contributed by atoms with van der Waals surface area (Å²) < 4.78 is 63.9. The molecular formula is C33H25F4N7O3. The monoisotopic (exact) mass is 643 g/mol. The van der Waals surface area contributed by atoms with Crippen LogP contribution < -0.4 is 15.4 Å². The summed E-state index contributed by atoms with van der Waals surface area (Å²) >= 11 is 0. The van der Waals surface area contributed by atoms with Crippen molar-refractivity contribution in [1.82, 2.24) is 24.7 Å². The number of anilines is 1. The predicted octanol–water partition coefficient (Wildman–Crippen LogP) is 5.27.